The molecule has 16 heavy (non-hydrogen) atoms. The van der Waals surface area contributed by atoms with E-state index in [1.54, 1.807) is 0 Å². The number of nitrogens with one attached hydrogen (secondary N) is 1. The van der Waals surface area contributed by atoms with E-state index in [0.717, 1.165) is 17.7 Å². The zero-order valence-corrected chi connectivity index (χ0v) is 10.7. The SMILES string of the molecule is Cc1[nH]c(C)c2c1C(C)(C)C[C@]2(C)C(N)=O. The van der Waals surface area contributed by atoms with Gasteiger partial charge in [-0.1, -0.05) is 13.8 Å². The summed E-state index contributed by atoms with van der Waals surface area (Å²) in [6.07, 6.45) is 0.802. The molecule has 3 N–H and O–H groups in total. The van der Waals surface area contributed by atoms with Crippen LogP contribution in [0.4, 0.5) is 0 Å². The Labute approximate surface area is 96.4 Å². The summed E-state index contributed by atoms with van der Waals surface area (Å²) < 4.78 is 0. The molecule has 1 aromatic heterocycles. The summed E-state index contributed by atoms with van der Waals surface area (Å²) in [7, 11) is 0. The van der Waals surface area contributed by atoms with Crippen LogP contribution in [0.3, 0.4) is 0 Å². The maximum atomic E-state index is 11.7. The number of aryl methyl sites for hydroxylation is 2. The van der Waals surface area contributed by atoms with Gasteiger partial charge in [-0.25, -0.2) is 0 Å². The number of carbonyl (C=O) groups is 1. The number of carbonyl (C=O) groups excluding carboxylic acids is 1. The van der Waals surface area contributed by atoms with Crippen molar-refractivity contribution in [3.05, 3.63) is 22.5 Å². The molecule has 0 bridgehead atoms. The highest BCUT2D eigenvalue weighted by atomic mass is 16.1. The molecule has 1 amide bonds. The fourth-order valence-electron chi connectivity index (χ4n) is 3.59. The molecule has 3 nitrogen and oxygen atoms in total. The molecule has 88 valence electrons. The van der Waals surface area contributed by atoms with Crippen LogP contribution >= 0.6 is 0 Å². The summed E-state index contributed by atoms with van der Waals surface area (Å²) in [6.45, 7) is 10.4. The van der Waals surface area contributed by atoms with Gasteiger partial charge in [-0.3, -0.25) is 4.79 Å². The van der Waals surface area contributed by atoms with Crippen LogP contribution in [0, 0.1) is 13.8 Å². The Hall–Kier alpha value is -1.25. The summed E-state index contributed by atoms with van der Waals surface area (Å²) in [5, 5.41) is 0. The highest BCUT2D eigenvalue weighted by Crippen LogP contribution is 2.51. The monoisotopic (exact) mass is 220 g/mol. The molecule has 0 spiro atoms. The third-order valence-corrected chi connectivity index (χ3v) is 3.94. The van der Waals surface area contributed by atoms with Gasteiger partial charge in [0.25, 0.3) is 0 Å². The Balaban J connectivity index is 2.76. The predicted octanol–water partition coefficient (Wildman–Crippen LogP) is 2.06. The minimum Gasteiger partial charge on any atom is -0.369 e. The molecule has 1 aliphatic carbocycles. The zero-order valence-electron chi connectivity index (χ0n) is 10.7. The number of hydrogen-bond acceptors (Lipinski definition) is 1. The van der Waals surface area contributed by atoms with Crippen molar-refractivity contribution < 1.29 is 4.79 Å². The third kappa shape index (κ3) is 1.17. The normalized spacial score (nSPS) is 26.8. The Bertz CT molecular complexity index is 471. The number of amides is 1. The highest BCUT2D eigenvalue weighted by molar-refractivity contribution is 5.89. The third-order valence-electron chi connectivity index (χ3n) is 3.94. The Kier molecular flexibility index (Phi) is 2.04. The lowest BCUT2D eigenvalue weighted by Crippen LogP contribution is -2.38. The first-order valence-electron chi connectivity index (χ1n) is 5.70. The van der Waals surface area contributed by atoms with Gasteiger partial charge in [-0.2, -0.15) is 0 Å². The van der Waals surface area contributed by atoms with Crippen molar-refractivity contribution in [1.29, 1.82) is 0 Å². The van der Waals surface area contributed by atoms with E-state index in [1.807, 2.05) is 13.8 Å². The molecule has 1 heterocycles. The Morgan fingerprint density at radius 2 is 1.69 bits per heavy atom. The number of primary amides is 1. The molecule has 3 heteroatoms. The molecule has 1 atom stereocenters. The number of nitrogens with two attached hydrogens (primary N) is 1. The van der Waals surface area contributed by atoms with Crippen LogP contribution in [-0.2, 0) is 15.6 Å². The summed E-state index contributed by atoms with van der Waals surface area (Å²) >= 11 is 0. The number of hydrogen-bond donors (Lipinski definition) is 2. The number of rotatable bonds is 1. The summed E-state index contributed by atoms with van der Waals surface area (Å²) in [4.78, 5) is 15.1. The Morgan fingerprint density at radius 1 is 1.19 bits per heavy atom. The molecular formula is C13H20N2O. The molecule has 2 rings (SSSR count). The maximum Gasteiger partial charge on any atom is 0.227 e. The Morgan fingerprint density at radius 3 is 2.19 bits per heavy atom. The van der Waals surface area contributed by atoms with Crippen molar-refractivity contribution in [3.8, 4) is 0 Å². The van der Waals surface area contributed by atoms with Crippen LogP contribution in [0.5, 0.6) is 0 Å². The highest BCUT2D eigenvalue weighted by Gasteiger charge is 2.51. The minimum atomic E-state index is -0.520. The van der Waals surface area contributed by atoms with Crippen LogP contribution in [0.25, 0.3) is 0 Å². The quantitative estimate of drug-likeness (QED) is 0.747. The fourth-order valence-corrected chi connectivity index (χ4v) is 3.59. The van der Waals surface area contributed by atoms with E-state index in [9.17, 15) is 4.79 Å². The van der Waals surface area contributed by atoms with Gasteiger partial charge in [0.1, 0.15) is 0 Å². The van der Waals surface area contributed by atoms with Gasteiger partial charge in [0.2, 0.25) is 5.91 Å². The number of aromatic nitrogens is 1. The van der Waals surface area contributed by atoms with Crippen LogP contribution in [0.1, 0.15) is 49.7 Å². The van der Waals surface area contributed by atoms with Crippen LogP contribution < -0.4 is 5.73 Å². The van der Waals surface area contributed by atoms with E-state index in [2.05, 4.69) is 25.8 Å². The second-order valence-corrected chi connectivity index (χ2v) is 5.88. The smallest absolute Gasteiger partial charge is 0.227 e. The molecule has 0 unspecified atom stereocenters. The lowest BCUT2D eigenvalue weighted by molar-refractivity contribution is -0.123. The van der Waals surface area contributed by atoms with Gasteiger partial charge in [0, 0.05) is 11.4 Å². The van der Waals surface area contributed by atoms with E-state index >= 15 is 0 Å². The fraction of sp³-hybridized carbons (Fsp3) is 0.615. The van der Waals surface area contributed by atoms with Crippen molar-refractivity contribution >= 4 is 5.91 Å². The van der Waals surface area contributed by atoms with E-state index in [0.29, 0.717) is 0 Å². The molecule has 0 aromatic carbocycles. The van der Waals surface area contributed by atoms with E-state index in [1.165, 1.54) is 11.3 Å². The first-order chi connectivity index (χ1) is 7.20. The maximum absolute atomic E-state index is 11.7. The van der Waals surface area contributed by atoms with Gasteiger partial charge in [0.05, 0.1) is 5.41 Å². The lowest BCUT2D eigenvalue weighted by atomic mass is 9.79. The van der Waals surface area contributed by atoms with Crippen LogP contribution in [-0.4, -0.2) is 10.9 Å². The van der Waals surface area contributed by atoms with Crippen molar-refractivity contribution in [2.45, 2.75) is 51.9 Å². The average molecular weight is 220 g/mol. The molecule has 0 fully saturated rings. The molecule has 1 aliphatic rings. The average Bonchev–Trinajstić information content (AvgIpc) is 2.50. The lowest BCUT2D eigenvalue weighted by Gasteiger charge is -2.25. The molecule has 0 aliphatic heterocycles. The van der Waals surface area contributed by atoms with Crippen LogP contribution in [0.2, 0.25) is 0 Å². The number of H-pyrrole nitrogens is 1. The number of fused-ring (bicyclic) bond motifs is 1. The summed E-state index contributed by atoms with van der Waals surface area (Å²) in [6, 6.07) is 0. The zero-order chi connectivity index (χ0) is 12.3. The van der Waals surface area contributed by atoms with Gasteiger partial charge < -0.3 is 10.7 Å². The summed E-state index contributed by atoms with van der Waals surface area (Å²) in [5.74, 6) is -0.221. The molecule has 0 saturated heterocycles. The van der Waals surface area contributed by atoms with Crippen LogP contribution in [0.15, 0.2) is 0 Å². The largest absolute Gasteiger partial charge is 0.369 e. The first kappa shape index (κ1) is 11.2. The topological polar surface area (TPSA) is 58.9 Å². The molecule has 0 radical (unpaired) electrons. The summed E-state index contributed by atoms with van der Waals surface area (Å²) in [5.41, 5.74) is 9.76. The van der Waals surface area contributed by atoms with Gasteiger partial charge >= 0.3 is 0 Å². The molecule has 0 saturated carbocycles. The minimum absolute atomic E-state index is 0.0218. The molecular weight excluding hydrogens is 200 g/mol. The van der Waals surface area contributed by atoms with E-state index < -0.39 is 5.41 Å². The standard InChI is InChI=1S/C13H20N2O/c1-7-9-10(8(2)15-7)13(5,11(14)16)6-12(9,3)4/h15H,6H2,1-5H3,(H2,14,16)/t13-/m0/s1. The molecule has 1 aromatic rings. The number of aromatic amines is 1. The van der Waals surface area contributed by atoms with E-state index in [-0.39, 0.29) is 11.3 Å². The second-order valence-electron chi connectivity index (χ2n) is 5.88. The predicted molar refractivity (Wildman–Crippen MR) is 64.5 cm³/mol. The van der Waals surface area contributed by atoms with Gasteiger partial charge in [0.15, 0.2) is 0 Å². The van der Waals surface area contributed by atoms with Crippen molar-refractivity contribution in [2.75, 3.05) is 0 Å². The van der Waals surface area contributed by atoms with E-state index in [4.69, 9.17) is 5.73 Å². The van der Waals surface area contributed by atoms with Crippen molar-refractivity contribution in [3.63, 3.8) is 0 Å². The van der Waals surface area contributed by atoms with Gasteiger partial charge in [-0.05, 0) is 43.7 Å². The van der Waals surface area contributed by atoms with Gasteiger partial charge in [-0.15, -0.1) is 0 Å². The second kappa shape index (κ2) is 2.90. The first-order valence-corrected chi connectivity index (χ1v) is 5.70. The van der Waals surface area contributed by atoms with Crippen molar-refractivity contribution in [1.82, 2.24) is 4.98 Å². The van der Waals surface area contributed by atoms with Crippen molar-refractivity contribution in [2.24, 2.45) is 5.73 Å².